The highest BCUT2D eigenvalue weighted by atomic mass is 32.1. The van der Waals surface area contributed by atoms with Gasteiger partial charge in [0.25, 0.3) is 0 Å². The van der Waals surface area contributed by atoms with Crippen molar-refractivity contribution in [1.82, 2.24) is 14.9 Å². The average Bonchev–Trinajstić information content (AvgIpc) is 3.15. The van der Waals surface area contributed by atoms with Crippen molar-refractivity contribution in [3.8, 4) is 5.75 Å². The number of hydrogen-bond acceptors (Lipinski definition) is 6. The third-order valence-electron chi connectivity index (χ3n) is 4.16. The number of aliphatic hydroxyl groups excluding tert-OH is 1. The second-order valence-electron chi connectivity index (χ2n) is 6.20. The lowest BCUT2D eigenvalue weighted by molar-refractivity contribution is 0.229. The molecule has 6 heteroatoms. The lowest BCUT2D eigenvalue weighted by atomic mass is 10.2. The van der Waals surface area contributed by atoms with E-state index in [1.165, 1.54) is 4.88 Å². The Hall–Kier alpha value is -2.02. The van der Waals surface area contributed by atoms with Crippen LogP contribution in [0.3, 0.4) is 0 Å². The van der Waals surface area contributed by atoms with E-state index in [4.69, 9.17) is 14.8 Å². The van der Waals surface area contributed by atoms with Crippen LogP contribution in [0.4, 0.5) is 0 Å². The molecule has 1 N–H and O–H groups in total. The van der Waals surface area contributed by atoms with Gasteiger partial charge in [-0.15, -0.1) is 11.3 Å². The highest BCUT2D eigenvalue weighted by Crippen LogP contribution is 2.21. The molecule has 0 fully saturated rings. The van der Waals surface area contributed by atoms with Crippen molar-refractivity contribution in [3.05, 3.63) is 52.6 Å². The monoisotopic (exact) mass is 371 g/mol. The van der Waals surface area contributed by atoms with Gasteiger partial charge in [-0.3, -0.25) is 14.9 Å². The minimum Gasteiger partial charge on any atom is -0.494 e. The summed E-state index contributed by atoms with van der Waals surface area (Å²) in [6.45, 7) is 5.47. The van der Waals surface area contributed by atoms with Crippen LogP contribution in [0, 0.1) is 0 Å². The summed E-state index contributed by atoms with van der Waals surface area (Å²) in [7, 11) is 0. The Labute approximate surface area is 158 Å². The largest absolute Gasteiger partial charge is 0.494 e. The van der Waals surface area contributed by atoms with Crippen LogP contribution in [0.1, 0.15) is 30.3 Å². The molecule has 26 heavy (non-hydrogen) atoms. The van der Waals surface area contributed by atoms with E-state index in [-0.39, 0.29) is 6.61 Å². The number of ether oxygens (including phenoxy) is 1. The minimum atomic E-state index is 0.241. The summed E-state index contributed by atoms with van der Waals surface area (Å²) in [6.07, 6.45) is 3.72. The fourth-order valence-electron chi connectivity index (χ4n) is 2.92. The minimum absolute atomic E-state index is 0.241. The van der Waals surface area contributed by atoms with Crippen molar-refractivity contribution < 1.29 is 9.84 Å². The summed E-state index contributed by atoms with van der Waals surface area (Å²) >= 11 is 1.67. The maximum Gasteiger partial charge on any atom is 0.120 e. The number of aliphatic hydroxyl groups is 1. The molecule has 0 aliphatic rings. The number of rotatable bonds is 10. The predicted octanol–water partition coefficient (Wildman–Crippen LogP) is 3.86. The molecule has 2 heterocycles. The van der Waals surface area contributed by atoms with Gasteiger partial charge in [0.15, 0.2) is 0 Å². The van der Waals surface area contributed by atoms with Crippen molar-refractivity contribution in [2.75, 3.05) is 19.8 Å². The summed E-state index contributed by atoms with van der Waals surface area (Å²) in [4.78, 5) is 12.6. The number of fused-ring (bicyclic) bond motifs is 1. The fourth-order valence-corrected chi connectivity index (χ4v) is 3.56. The van der Waals surface area contributed by atoms with Crippen LogP contribution in [0.2, 0.25) is 0 Å². The molecule has 0 aliphatic heterocycles. The molecule has 0 saturated carbocycles. The molecule has 0 bridgehead atoms. The molecule has 1 aromatic carbocycles. The number of hydrogen-bond donors (Lipinski definition) is 1. The zero-order chi connectivity index (χ0) is 18.2. The summed E-state index contributed by atoms with van der Waals surface area (Å²) in [6, 6.07) is 10.2. The normalized spacial score (nSPS) is 11.3. The third-order valence-corrected chi connectivity index (χ3v) is 4.92. The number of pyridine rings is 1. The van der Waals surface area contributed by atoms with Crippen molar-refractivity contribution in [2.45, 2.75) is 32.9 Å². The first-order valence-electron chi connectivity index (χ1n) is 9.01. The average molecular weight is 372 g/mol. The van der Waals surface area contributed by atoms with Gasteiger partial charge in [-0.2, -0.15) is 0 Å². The molecule has 3 aromatic rings. The topological polar surface area (TPSA) is 58.5 Å². The molecule has 0 radical (unpaired) electrons. The maximum absolute atomic E-state index is 9.06. The van der Waals surface area contributed by atoms with Gasteiger partial charge >= 0.3 is 0 Å². The van der Waals surface area contributed by atoms with Crippen molar-refractivity contribution in [3.63, 3.8) is 0 Å². The zero-order valence-electron chi connectivity index (χ0n) is 15.1. The molecule has 0 aliphatic carbocycles. The van der Waals surface area contributed by atoms with Gasteiger partial charge < -0.3 is 9.84 Å². The molecular formula is C20H25N3O2S. The van der Waals surface area contributed by atoms with Crippen LogP contribution in [-0.2, 0) is 13.1 Å². The Bertz CT molecular complexity index is 808. The van der Waals surface area contributed by atoms with E-state index in [0.717, 1.165) is 54.8 Å². The van der Waals surface area contributed by atoms with Gasteiger partial charge in [0.1, 0.15) is 5.75 Å². The van der Waals surface area contributed by atoms with Gasteiger partial charge in [0.05, 0.1) is 23.3 Å². The molecule has 138 valence electrons. The first-order chi connectivity index (χ1) is 12.8. The summed E-state index contributed by atoms with van der Waals surface area (Å²) in [5, 5.41) is 10.1. The SMILES string of the molecule is CCOc1ccc2nc(CN(CCCCO)Cc3cncs3)ccc2c1. The highest BCUT2D eigenvalue weighted by Gasteiger charge is 2.10. The lowest BCUT2D eigenvalue weighted by Gasteiger charge is -2.21. The van der Waals surface area contributed by atoms with Gasteiger partial charge in [0.2, 0.25) is 0 Å². The Morgan fingerprint density at radius 3 is 2.85 bits per heavy atom. The van der Waals surface area contributed by atoms with E-state index in [0.29, 0.717) is 6.61 Å². The second-order valence-corrected chi connectivity index (χ2v) is 7.17. The van der Waals surface area contributed by atoms with Crippen LogP contribution >= 0.6 is 11.3 Å². The highest BCUT2D eigenvalue weighted by molar-refractivity contribution is 7.09. The molecule has 2 aromatic heterocycles. The quantitative estimate of drug-likeness (QED) is 0.548. The number of thiazole rings is 1. The molecule has 0 unspecified atom stereocenters. The van der Waals surface area contributed by atoms with Crippen LogP contribution < -0.4 is 4.74 Å². The van der Waals surface area contributed by atoms with E-state index >= 15 is 0 Å². The molecule has 0 amide bonds. The van der Waals surface area contributed by atoms with E-state index < -0.39 is 0 Å². The number of benzene rings is 1. The summed E-state index contributed by atoms with van der Waals surface area (Å²) < 4.78 is 5.56. The standard InChI is InChI=1S/C20H25N3O2S/c1-2-25-18-7-8-20-16(11-18)5-6-17(22-20)13-23(9-3-4-10-24)14-19-12-21-15-26-19/h5-8,11-12,15,24H,2-4,9-10,13-14H2,1H3. The second kappa shape index (κ2) is 9.62. The van der Waals surface area contributed by atoms with Crippen LogP contribution in [0.5, 0.6) is 5.75 Å². The molecule has 0 atom stereocenters. The van der Waals surface area contributed by atoms with Gasteiger partial charge in [-0.25, -0.2) is 0 Å². The number of nitrogens with zero attached hydrogens (tertiary/aromatic N) is 3. The predicted molar refractivity (Wildman–Crippen MR) is 105 cm³/mol. The van der Waals surface area contributed by atoms with E-state index in [9.17, 15) is 0 Å². The maximum atomic E-state index is 9.06. The molecule has 0 saturated heterocycles. The van der Waals surface area contributed by atoms with E-state index in [2.05, 4.69) is 22.0 Å². The lowest BCUT2D eigenvalue weighted by Crippen LogP contribution is -2.24. The number of aromatic nitrogens is 2. The van der Waals surface area contributed by atoms with E-state index in [1.807, 2.05) is 36.8 Å². The van der Waals surface area contributed by atoms with Gasteiger partial charge in [0, 0.05) is 36.2 Å². The Morgan fingerprint density at radius 1 is 1.15 bits per heavy atom. The van der Waals surface area contributed by atoms with Crippen molar-refractivity contribution in [1.29, 1.82) is 0 Å². The third kappa shape index (κ3) is 5.24. The van der Waals surface area contributed by atoms with Gasteiger partial charge in [-0.05, 0) is 50.6 Å². The Kier molecular flexibility index (Phi) is 6.94. The first-order valence-corrected chi connectivity index (χ1v) is 9.89. The smallest absolute Gasteiger partial charge is 0.120 e. The van der Waals surface area contributed by atoms with E-state index in [1.54, 1.807) is 11.3 Å². The Balaban J connectivity index is 1.72. The first kappa shape index (κ1) is 18.8. The molecule has 0 spiro atoms. The fraction of sp³-hybridized carbons (Fsp3) is 0.400. The van der Waals surface area contributed by atoms with Crippen LogP contribution in [0.15, 0.2) is 42.0 Å². The van der Waals surface area contributed by atoms with Crippen LogP contribution in [-0.4, -0.2) is 39.7 Å². The molecule has 3 rings (SSSR count). The van der Waals surface area contributed by atoms with Crippen LogP contribution in [0.25, 0.3) is 10.9 Å². The summed E-state index contributed by atoms with van der Waals surface area (Å²) in [5.41, 5.74) is 3.90. The van der Waals surface area contributed by atoms with Crippen molar-refractivity contribution in [2.24, 2.45) is 0 Å². The number of unbranched alkanes of at least 4 members (excludes halogenated alkanes) is 1. The van der Waals surface area contributed by atoms with Crippen molar-refractivity contribution >= 4 is 22.2 Å². The Morgan fingerprint density at radius 2 is 2.08 bits per heavy atom. The molecule has 5 nitrogen and oxygen atoms in total. The summed E-state index contributed by atoms with van der Waals surface area (Å²) in [5.74, 6) is 0.880. The van der Waals surface area contributed by atoms with Gasteiger partial charge in [-0.1, -0.05) is 6.07 Å². The molecular weight excluding hydrogens is 346 g/mol. The zero-order valence-corrected chi connectivity index (χ0v) is 15.9.